The van der Waals surface area contributed by atoms with E-state index < -0.39 is 0 Å². The van der Waals surface area contributed by atoms with Gasteiger partial charge in [-0.3, -0.25) is 0 Å². The highest BCUT2D eigenvalue weighted by Gasteiger charge is 2.37. The van der Waals surface area contributed by atoms with E-state index in [1.807, 2.05) is 4.52 Å². The highest BCUT2D eigenvalue weighted by molar-refractivity contribution is 7.16. The molecule has 0 bridgehead atoms. The van der Waals surface area contributed by atoms with Gasteiger partial charge in [-0.05, 0) is 31.6 Å². The lowest BCUT2D eigenvalue weighted by Gasteiger charge is -2.34. The molecule has 0 aromatic carbocycles. The molecule has 2 N–H and O–H groups in total. The average Bonchev–Trinajstić information content (AvgIpc) is 2.98. The first-order valence-electron chi connectivity index (χ1n) is 7.17. The van der Waals surface area contributed by atoms with Gasteiger partial charge in [-0.2, -0.15) is 9.61 Å². The van der Waals surface area contributed by atoms with E-state index >= 15 is 0 Å². The molecular formula is C13H19N5S. The van der Waals surface area contributed by atoms with Gasteiger partial charge in [0.2, 0.25) is 4.96 Å². The van der Waals surface area contributed by atoms with Crippen LogP contribution in [0, 0.1) is 5.92 Å². The van der Waals surface area contributed by atoms with E-state index in [2.05, 4.69) is 17.1 Å². The standard InChI is InChI=1S/C13H19N5S/c1-8-3-2-6-13(14,7-8)11-17-18-10(9-4-5-9)15-16-12(18)19-11/h8-9H,2-7,14H2,1H3. The van der Waals surface area contributed by atoms with Crippen molar-refractivity contribution in [2.45, 2.75) is 56.9 Å². The van der Waals surface area contributed by atoms with E-state index in [0.29, 0.717) is 11.8 Å². The van der Waals surface area contributed by atoms with E-state index in [-0.39, 0.29) is 5.54 Å². The van der Waals surface area contributed by atoms with Crippen molar-refractivity contribution in [1.29, 1.82) is 0 Å². The molecule has 2 aromatic rings. The molecule has 2 aromatic heterocycles. The fourth-order valence-corrected chi connectivity index (χ4v) is 4.20. The first kappa shape index (κ1) is 11.8. The van der Waals surface area contributed by atoms with Gasteiger partial charge in [0, 0.05) is 5.92 Å². The number of aromatic nitrogens is 4. The minimum atomic E-state index is -0.246. The molecule has 0 spiro atoms. The van der Waals surface area contributed by atoms with Crippen LogP contribution in [0.4, 0.5) is 0 Å². The Labute approximate surface area is 116 Å². The van der Waals surface area contributed by atoms with E-state index in [9.17, 15) is 0 Å². The van der Waals surface area contributed by atoms with Gasteiger partial charge in [-0.15, -0.1) is 10.2 Å². The van der Waals surface area contributed by atoms with Crippen LogP contribution in [0.2, 0.25) is 0 Å². The zero-order valence-corrected chi connectivity index (χ0v) is 12.0. The molecular weight excluding hydrogens is 258 g/mol. The monoisotopic (exact) mass is 277 g/mol. The van der Waals surface area contributed by atoms with Crippen LogP contribution in [-0.2, 0) is 5.54 Å². The van der Waals surface area contributed by atoms with E-state index in [1.54, 1.807) is 11.3 Å². The zero-order chi connectivity index (χ0) is 13.0. The molecule has 4 rings (SSSR count). The highest BCUT2D eigenvalue weighted by Crippen LogP contribution is 2.42. The number of hydrogen-bond donors (Lipinski definition) is 1. The van der Waals surface area contributed by atoms with Gasteiger partial charge < -0.3 is 5.73 Å². The van der Waals surface area contributed by atoms with Crippen LogP contribution in [0.1, 0.15) is 62.2 Å². The van der Waals surface area contributed by atoms with Gasteiger partial charge in [0.05, 0.1) is 5.54 Å². The van der Waals surface area contributed by atoms with Crippen molar-refractivity contribution in [3.63, 3.8) is 0 Å². The molecule has 0 aliphatic heterocycles. The summed E-state index contributed by atoms with van der Waals surface area (Å²) in [6, 6.07) is 0. The summed E-state index contributed by atoms with van der Waals surface area (Å²) in [5.41, 5.74) is 6.38. The number of hydrogen-bond acceptors (Lipinski definition) is 5. The minimum Gasteiger partial charge on any atom is -0.319 e. The predicted octanol–water partition coefficient (Wildman–Crippen LogP) is 2.43. The third kappa shape index (κ3) is 1.89. The molecule has 2 aliphatic carbocycles. The van der Waals surface area contributed by atoms with Gasteiger partial charge in [0.15, 0.2) is 5.82 Å². The second-order valence-electron chi connectivity index (χ2n) is 6.29. The molecule has 2 fully saturated rings. The lowest BCUT2D eigenvalue weighted by Crippen LogP contribution is -2.41. The van der Waals surface area contributed by atoms with Crippen LogP contribution in [0.5, 0.6) is 0 Å². The molecule has 19 heavy (non-hydrogen) atoms. The van der Waals surface area contributed by atoms with Crippen molar-refractivity contribution in [3.05, 3.63) is 10.8 Å². The van der Waals surface area contributed by atoms with Crippen molar-refractivity contribution in [3.8, 4) is 0 Å². The quantitative estimate of drug-likeness (QED) is 0.915. The minimum absolute atomic E-state index is 0.246. The summed E-state index contributed by atoms with van der Waals surface area (Å²) in [6.07, 6.45) is 7.01. The van der Waals surface area contributed by atoms with E-state index in [4.69, 9.17) is 10.8 Å². The number of fused-ring (bicyclic) bond motifs is 1. The van der Waals surface area contributed by atoms with Crippen molar-refractivity contribution in [2.24, 2.45) is 11.7 Å². The Balaban J connectivity index is 1.74. The van der Waals surface area contributed by atoms with Crippen LogP contribution in [0.25, 0.3) is 4.96 Å². The van der Waals surface area contributed by atoms with Gasteiger partial charge in [-0.25, -0.2) is 0 Å². The molecule has 2 atom stereocenters. The molecule has 5 nitrogen and oxygen atoms in total. The molecule has 0 radical (unpaired) electrons. The average molecular weight is 277 g/mol. The van der Waals surface area contributed by atoms with Crippen LogP contribution in [-0.4, -0.2) is 19.8 Å². The summed E-state index contributed by atoms with van der Waals surface area (Å²) < 4.78 is 1.94. The van der Waals surface area contributed by atoms with Crippen molar-refractivity contribution in [1.82, 2.24) is 19.8 Å². The second kappa shape index (κ2) is 3.99. The third-order valence-corrected chi connectivity index (χ3v) is 5.53. The lowest BCUT2D eigenvalue weighted by atomic mass is 9.77. The maximum Gasteiger partial charge on any atom is 0.234 e. The summed E-state index contributed by atoms with van der Waals surface area (Å²) in [6.45, 7) is 2.29. The Bertz CT molecular complexity index is 614. The molecule has 0 saturated heterocycles. The fourth-order valence-electron chi connectivity index (χ4n) is 3.22. The van der Waals surface area contributed by atoms with Crippen molar-refractivity contribution < 1.29 is 0 Å². The topological polar surface area (TPSA) is 69.1 Å². The number of nitrogens with two attached hydrogens (primary N) is 1. The first-order valence-corrected chi connectivity index (χ1v) is 7.99. The van der Waals surface area contributed by atoms with Gasteiger partial charge in [0.1, 0.15) is 5.01 Å². The van der Waals surface area contributed by atoms with Crippen LogP contribution < -0.4 is 5.73 Å². The first-order chi connectivity index (χ1) is 9.16. The zero-order valence-electron chi connectivity index (χ0n) is 11.2. The van der Waals surface area contributed by atoms with Crippen molar-refractivity contribution in [2.75, 3.05) is 0 Å². The molecule has 2 saturated carbocycles. The molecule has 2 heterocycles. The summed E-state index contributed by atoms with van der Waals surface area (Å²) in [4.78, 5) is 0.903. The van der Waals surface area contributed by atoms with E-state index in [0.717, 1.165) is 28.6 Å². The smallest absolute Gasteiger partial charge is 0.234 e. The maximum absolute atomic E-state index is 6.62. The Kier molecular flexibility index (Phi) is 2.48. The molecule has 2 unspecified atom stereocenters. The highest BCUT2D eigenvalue weighted by atomic mass is 32.1. The second-order valence-corrected chi connectivity index (χ2v) is 7.25. The summed E-state index contributed by atoms with van der Waals surface area (Å²) in [5.74, 6) is 2.30. The summed E-state index contributed by atoms with van der Waals surface area (Å²) in [7, 11) is 0. The molecule has 6 heteroatoms. The van der Waals surface area contributed by atoms with Crippen LogP contribution in [0.3, 0.4) is 0 Å². The lowest BCUT2D eigenvalue weighted by molar-refractivity contribution is 0.237. The van der Waals surface area contributed by atoms with Crippen LogP contribution in [0.15, 0.2) is 0 Å². The Hall–Kier alpha value is -1.01. The SMILES string of the molecule is CC1CCCC(N)(c2nn3c(C4CC4)nnc3s2)C1. The maximum atomic E-state index is 6.62. The Morgan fingerprint density at radius 1 is 1.32 bits per heavy atom. The Morgan fingerprint density at radius 3 is 2.89 bits per heavy atom. The third-order valence-electron chi connectivity index (χ3n) is 4.42. The number of nitrogens with zero attached hydrogens (tertiary/aromatic N) is 4. The van der Waals surface area contributed by atoms with Gasteiger partial charge in [0.25, 0.3) is 0 Å². The summed E-state index contributed by atoms with van der Waals surface area (Å²) >= 11 is 1.62. The van der Waals surface area contributed by atoms with Crippen LogP contribution >= 0.6 is 11.3 Å². The fraction of sp³-hybridized carbons (Fsp3) is 0.769. The largest absolute Gasteiger partial charge is 0.319 e. The molecule has 0 amide bonds. The number of rotatable bonds is 2. The summed E-state index contributed by atoms with van der Waals surface area (Å²) in [5, 5.41) is 14.3. The Morgan fingerprint density at radius 2 is 2.16 bits per heavy atom. The van der Waals surface area contributed by atoms with E-state index in [1.165, 1.54) is 25.7 Å². The predicted molar refractivity (Wildman–Crippen MR) is 74.1 cm³/mol. The molecule has 102 valence electrons. The molecule has 2 aliphatic rings. The van der Waals surface area contributed by atoms with Gasteiger partial charge >= 0.3 is 0 Å². The normalized spacial score (nSPS) is 32.0. The van der Waals surface area contributed by atoms with Gasteiger partial charge in [-0.1, -0.05) is 31.1 Å². The van der Waals surface area contributed by atoms with Crippen molar-refractivity contribution >= 4 is 16.3 Å².